The Morgan fingerprint density at radius 2 is 2.28 bits per heavy atom. The molecule has 2 aromatic rings. The Morgan fingerprint density at radius 1 is 1.44 bits per heavy atom. The largest absolute Gasteiger partial charge is 0.497 e. The highest BCUT2D eigenvalue weighted by Gasteiger charge is 2.13. The van der Waals surface area contributed by atoms with E-state index in [1.165, 1.54) is 0 Å². The number of ether oxygens (including phenoxy) is 1. The minimum atomic E-state index is -0.278. The van der Waals surface area contributed by atoms with E-state index in [1.54, 1.807) is 31.4 Å². The first kappa shape index (κ1) is 12.1. The number of aryl methyl sites for hydroxylation is 1. The first-order valence-electron chi connectivity index (χ1n) is 5.51. The Hall–Kier alpha value is -2.37. The molecule has 2 rings (SSSR count). The molecule has 0 fully saturated rings. The maximum absolute atomic E-state index is 12.0. The van der Waals surface area contributed by atoms with Gasteiger partial charge in [0.05, 0.1) is 7.11 Å². The van der Waals surface area contributed by atoms with E-state index in [2.05, 4.69) is 20.3 Å². The highest BCUT2D eigenvalue weighted by molar-refractivity contribution is 6.04. The normalized spacial score (nSPS) is 10.1. The van der Waals surface area contributed by atoms with Crippen molar-refractivity contribution in [2.75, 3.05) is 12.4 Å². The highest BCUT2D eigenvalue weighted by atomic mass is 16.6. The molecule has 0 aliphatic heterocycles. The van der Waals surface area contributed by atoms with Crippen LogP contribution in [0, 0.1) is 0 Å². The van der Waals surface area contributed by atoms with Gasteiger partial charge in [0.15, 0.2) is 0 Å². The lowest BCUT2D eigenvalue weighted by atomic mass is 10.2. The summed E-state index contributed by atoms with van der Waals surface area (Å²) in [5, 5.41) is 9.98. The quantitative estimate of drug-likeness (QED) is 0.892. The molecular formula is C12H13N3O3. The molecular weight excluding hydrogens is 234 g/mol. The molecule has 6 nitrogen and oxygen atoms in total. The summed E-state index contributed by atoms with van der Waals surface area (Å²) in [5.74, 6) is 0.696. The van der Waals surface area contributed by atoms with Crippen LogP contribution in [0.5, 0.6) is 5.75 Å². The molecule has 0 aliphatic rings. The molecule has 0 unspecified atom stereocenters. The topological polar surface area (TPSA) is 77.3 Å². The van der Waals surface area contributed by atoms with Crippen molar-refractivity contribution in [2.45, 2.75) is 13.3 Å². The van der Waals surface area contributed by atoms with E-state index in [9.17, 15) is 4.79 Å². The minimum Gasteiger partial charge on any atom is -0.497 e. The number of nitrogens with one attached hydrogen (secondary N) is 1. The summed E-state index contributed by atoms with van der Waals surface area (Å²) in [4.78, 5) is 12.0. The van der Waals surface area contributed by atoms with Crippen molar-refractivity contribution in [3.05, 3.63) is 35.5 Å². The van der Waals surface area contributed by atoms with Gasteiger partial charge in [-0.1, -0.05) is 18.1 Å². The molecule has 1 heterocycles. The number of benzene rings is 1. The molecule has 0 spiro atoms. The van der Waals surface area contributed by atoms with E-state index < -0.39 is 0 Å². The summed E-state index contributed by atoms with van der Waals surface area (Å²) in [5.41, 5.74) is 1.10. The van der Waals surface area contributed by atoms with E-state index in [-0.39, 0.29) is 5.91 Å². The Kier molecular flexibility index (Phi) is 3.57. The maximum Gasteiger partial charge on any atom is 0.257 e. The summed E-state index contributed by atoms with van der Waals surface area (Å²) in [7, 11) is 1.55. The number of rotatable bonds is 4. The summed E-state index contributed by atoms with van der Waals surface area (Å²) in [6.45, 7) is 1.90. The Labute approximate surface area is 104 Å². The molecule has 0 aliphatic carbocycles. The number of aromatic nitrogens is 2. The molecule has 6 heteroatoms. The molecule has 1 N–H and O–H groups in total. The van der Waals surface area contributed by atoms with Gasteiger partial charge < -0.3 is 10.1 Å². The summed E-state index contributed by atoms with van der Waals surface area (Å²) in [6.07, 6.45) is 0.636. The zero-order valence-corrected chi connectivity index (χ0v) is 10.1. The standard InChI is InChI=1S/C12H13N3O3/c1-3-10-11(15-18-14-10)13-12(16)8-5-4-6-9(7-8)17-2/h4-7H,3H2,1-2H3,(H,13,15,16). The fourth-order valence-electron chi connectivity index (χ4n) is 1.48. The zero-order valence-electron chi connectivity index (χ0n) is 10.1. The number of hydrogen-bond acceptors (Lipinski definition) is 5. The molecule has 94 valence electrons. The average Bonchev–Trinajstić information content (AvgIpc) is 2.86. The number of nitrogens with zero attached hydrogens (tertiary/aromatic N) is 2. The number of carbonyl (C=O) groups is 1. The Bertz CT molecular complexity index is 551. The molecule has 0 bridgehead atoms. The van der Waals surface area contributed by atoms with Gasteiger partial charge in [0.25, 0.3) is 5.91 Å². The number of anilines is 1. The summed E-state index contributed by atoms with van der Waals surface area (Å²) < 4.78 is 9.64. The van der Waals surface area contributed by atoms with Crippen LogP contribution in [-0.4, -0.2) is 23.3 Å². The van der Waals surface area contributed by atoms with Crippen molar-refractivity contribution in [3.8, 4) is 5.75 Å². The van der Waals surface area contributed by atoms with Crippen LogP contribution in [0.25, 0.3) is 0 Å². The molecule has 18 heavy (non-hydrogen) atoms. The van der Waals surface area contributed by atoms with Crippen molar-refractivity contribution >= 4 is 11.7 Å². The third-order valence-electron chi connectivity index (χ3n) is 2.46. The number of hydrogen-bond donors (Lipinski definition) is 1. The average molecular weight is 247 g/mol. The number of methoxy groups -OCH3 is 1. The van der Waals surface area contributed by atoms with E-state index in [4.69, 9.17) is 4.74 Å². The minimum absolute atomic E-state index is 0.278. The maximum atomic E-state index is 12.0. The van der Waals surface area contributed by atoms with Crippen LogP contribution < -0.4 is 10.1 Å². The van der Waals surface area contributed by atoms with E-state index in [0.717, 1.165) is 0 Å². The van der Waals surface area contributed by atoms with Gasteiger partial charge in [0, 0.05) is 5.56 Å². The molecule has 1 amide bonds. The number of amides is 1. The predicted octanol–water partition coefficient (Wildman–Crippen LogP) is 1.89. The molecule has 1 aromatic heterocycles. The van der Waals surface area contributed by atoms with Crippen molar-refractivity contribution in [2.24, 2.45) is 0 Å². The van der Waals surface area contributed by atoms with E-state index >= 15 is 0 Å². The first-order chi connectivity index (χ1) is 8.74. The summed E-state index contributed by atoms with van der Waals surface area (Å²) >= 11 is 0. The second-order valence-electron chi connectivity index (χ2n) is 3.60. The summed E-state index contributed by atoms with van der Waals surface area (Å²) in [6, 6.07) is 6.85. The van der Waals surface area contributed by atoms with E-state index in [1.807, 2.05) is 6.92 Å². The van der Waals surface area contributed by atoms with Gasteiger partial charge in [-0.2, -0.15) is 0 Å². The highest BCUT2D eigenvalue weighted by Crippen LogP contribution is 2.15. The van der Waals surface area contributed by atoms with Gasteiger partial charge in [0.1, 0.15) is 11.4 Å². The lowest BCUT2D eigenvalue weighted by Crippen LogP contribution is -2.13. The van der Waals surface area contributed by atoms with Crippen molar-refractivity contribution in [3.63, 3.8) is 0 Å². The van der Waals surface area contributed by atoms with Gasteiger partial charge in [0.2, 0.25) is 5.82 Å². The van der Waals surface area contributed by atoms with Crippen LogP contribution in [-0.2, 0) is 6.42 Å². The van der Waals surface area contributed by atoms with Crippen molar-refractivity contribution in [1.29, 1.82) is 0 Å². The van der Waals surface area contributed by atoms with Crippen LogP contribution in [0.1, 0.15) is 23.0 Å². The fourth-order valence-corrected chi connectivity index (χ4v) is 1.48. The monoisotopic (exact) mass is 247 g/mol. The van der Waals surface area contributed by atoms with Crippen LogP contribution in [0.3, 0.4) is 0 Å². The van der Waals surface area contributed by atoms with Crippen LogP contribution >= 0.6 is 0 Å². The number of carbonyl (C=O) groups excluding carboxylic acids is 1. The fraction of sp³-hybridized carbons (Fsp3) is 0.250. The third kappa shape index (κ3) is 2.48. The van der Waals surface area contributed by atoms with Gasteiger partial charge >= 0.3 is 0 Å². The van der Waals surface area contributed by atoms with Crippen LogP contribution in [0.15, 0.2) is 28.9 Å². The second-order valence-corrected chi connectivity index (χ2v) is 3.60. The van der Waals surface area contributed by atoms with Crippen LogP contribution in [0.4, 0.5) is 5.82 Å². The van der Waals surface area contributed by atoms with Gasteiger partial charge in [-0.25, -0.2) is 4.63 Å². The van der Waals surface area contributed by atoms with Gasteiger partial charge in [-0.05, 0) is 29.8 Å². The smallest absolute Gasteiger partial charge is 0.257 e. The van der Waals surface area contributed by atoms with Crippen LogP contribution in [0.2, 0.25) is 0 Å². The second kappa shape index (κ2) is 5.31. The lowest BCUT2D eigenvalue weighted by Gasteiger charge is -2.04. The lowest BCUT2D eigenvalue weighted by molar-refractivity contribution is 0.102. The molecule has 1 aromatic carbocycles. The van der Waals surface area contributed by atoms with Gasteiger partial charge in [-0.15, -0.1) is 0 Å². The van der Waals surface area contributed by atoms with Crippen molar-refractivity contribution < 1.29 is 14.2 Å². The molecule has 0 radical (unpaired) electrons. The Balaban J connectivity index is 2.16. The van der Waals surface area contributed by atoms with E-state index in [0.29, 0.717) is 29.2 Å². The Morgan fingerprint density at radius 3 is 3.00 bits per heavy atom. The molecule has 0 saturated carbocycles. The van der Waals surface area contributed by atoms with Gasteiger partial charge in [-0.3, -0.25) is 4.79 Å². The molecule has 0 saturated heterocycles. The zero-order chi connectivity index (χ0) is 13.0. The molecule has 0 atom stereocenters. The first-order valence-corrected chi connectivity index (χ1v) is 5.51. The van der Waals surface area contributed by atoms with Crippen molar-refractivity contribution in [1.82, 2.24) is 10.3 Å². The predicted molar refractivity (Wildman–Crippen MR) is 64.6 cm³/mol. The third-order valence-corrected chi connectivity index (χ3v) is 2.46. The SMILES string of the molecule is CCc1nonc1NC(=O)c1cccc(OC)c1.